The number of halogens is 5. The number of hydrogen-bond donors (Lipinski definition) is 1. The summed E-state index contributed by atoms with van der Waals surface area (Å²) in [5, 5.41) is 2.53. The Labute approximate surface area is 201 Å². The average molecular weight is 497 g/mol. The van der Waals surface area contributed by atoms with Crippen LogP contribution in [0.3, 0.4) is 0 Å². The molecule has 9 heteroatoms. The first-order valence-electron chi connectivity index (χ1n) is 11.8. The van der Waals surface area contributed by atoms with Gasteiger partial charge in [0.2, 0.25) is 5.91 Å². The van der Waals surface area contributed by atoms with Crippen LogP contribution < -0.4 is 5.32 Å². The zero-order valence-corrected chi connectivity index (χ0v) is 19.6. The standard InChI is InChI=1S/C26H29F5N2O2/c1-15(2)12-21(25(34)33-14-20(28)23-22(33)10-11-35-23)32-24(26(29,30)31)17-7-5-6-16(13-17)18-8-3-4-9-19(18)27/h3-9,13,15,20-24,32H,10-12,14H2,1-2H3/t20-,21?,22+,23+,24?/m0/s1. The lowest BCUT2D eigenvalue weighted by molar-refractivity contribution is -0.162. The van der Waals surface area contributed by atoms with Gasteiger partial charge >= 0.3 is 6.18 Å². The number of fused-ring (bicyclic) bond motifs is 1. The van der Waals surface area contributed by atoms with Crippen molar-refractivity contribution in [2.24, 2.45) is 5.92 Å². The van der Waals surface area contributed by atoms with Gasteiger partial charge in [-0.1, -0.05) is 50.2 Å². The van der Waals surface area contributed by atoms with Gasteiger partial charge in [-0.2, -0.15) is 13.2 Å². The maximum Gasteiger partial charge on any atom is 0.407 e. The van der Waals surface area contributed by atoms with Crippen molar-refractivity contribution < 1.29 is 31.5 Å². The van der Waals surface area contributed by atoms with Crippen LogP contribution in [0.2, 0.25) is 0 Å². The van der Waals surface area contributed by atoms with Crippen LogP contribution in [0.1, 0.15) is 38.3 Å². The van der Waals surface area contributed by atoms with Gasteiger partial charge in [-0.05, 0) is 42.0 Å². The molecule has 5 atom stereocenters. The van der Waals surface area contributed by atoms with Crippen LogP contribution in [0, 0.1) is 11.7 Å². The molecule has 4 rings (SSSR count). The van der Waals surface area contributed by atoms with E-state index in [1.807, 2.05) is 13.8 Å². The van der Waals surface area contributed by atoms with Crippen molar-refractivity contribution in [2.75, 3.05) is 13.2 Å². The molecule has 2 aliphatic rings. The number of nitrogens with one attached hydrogen (secondary N) is 1. The molecule has 2 heterocycles. The fourth-order valence-corrected chi connectivity index (χ4v) is 5.03. The number of ether oxygens (including phenoxy) is 1. The maximum absolute atomic E-state index is 14.4. The number of carbonyl (C=O) groups is 1. The van der Waals surface area contributed by atoms with Crippen molar-refractivity contribution in [1.29, 1.82) is 0 Å². The number of rotatable bonds is 7. The molecule has 4 nitrogen and oxygen atoms in total. The first-order chi connectivity index (χ1) is 16.6. The molecule has 0 aromatic heterocycles. The van der Waals surface area contributed by atoms with E-state index in [4.69, 9.17) is 4.74 Å². The highest BCUT2D eigenvalue weighted by atomic mass is 19.4. The molecule has 190 valence electrons. The minimum atomic E-state index is -4.73. The first kappa shape index (κ1) is 25.6. The SMILES string of the molecule is CC(C)CC(NC(c1cccc(-c2ccccc2F)c1)C(F)(F)F)C(=O)N1C[C@H](F)[C@H]2OCC[C@H]21. The molecule has 1 N–H and O–H groups in total. The number of benzene rings is 2. The highest BCUT2D eigenvalue weighted by molar-refractivity contribution is 5.83. The number of carbonyl (C=O) groups excluding carboxylic acids is 1. The van der Waals surface area contributed by atoms with E-state index < -0.39 is 48.3 Å². The fraction of sp³-hybridized carbons (Fsp3) is 0.500. The summed E-state index contributed by atoms with van der Waals surface area (Å²) >= 11 is 0. The quantitative estimate of drug-likeness (QED) is 0.520. The Hall–Kier alpha value is -2.52. The number of hydrogen-bond acceptors (Lipinski definition) is 3. The van der Waals surface area contributed by atoms with E-state index in [9.17, 15) is 26.7 Å². The third-order valence-electron chi connectivity index (χ3n) is 6.62. The molecule has 0 spiro atoms. The largest absolute Gasteiger partial charge is 0.407 e. The molecular formula is C26H29F5N2O2. The second-order valence-electron chi connectivity index (χ2n) is 9.63. The molecule has 2 fully saturated rings. The van der Waals surface area contributed by atoms with Gasteiger partial charge in [0.1, 0.15) is 24.1 Å². The van der Waals surface area contributed by atoms with Crippen molar-refractivity contribution in [3.8, 4) is 11.1 Å². The topological polar surface area (TPSA) is 41.6 Å². The lowest BCUT2D eigenvalue weighted by Crippen LogP contribution is -2.52. The van der Waals surface area contributed by atoms with Crippen LogP contribution in [0.15, 0.2) is 48.5 Å². The van der Waals surface area contributed by atoms with Gasteiger partial charge in [0.05, 0.1) is 18.6 Å². The summed E-state index contributed by atoms with van der Waals surface area (Å²) in [6, 6.07) is 7.61. The summed E-state index contributed by atoms with van der Waals surface area (Å²) in [7, 11) is 0. The minimum absolute atomic E-state index is 0.0884. The van der Waals surface area contributed by atoms with Gasteiger partial charge in [-0.15, -0.1) is 0 Å². The van der Waals surface area contributed by atoms with Crippen LogP contribution in [-0.4, -0.2) is 54.5 Å². The summed E-state index contributed by atoms with van der Waals surface area (Å²) in [5.41, 5.74) is 0.351. The molecule has 0 aliphatic carbocycles. The summed E-state index contributed by atoms with van der Waals surface area (Å²) in [5.74, 6) is -1.19. The normalized spacial score (nSPS) is 24.0. The Bertz CT molecular complexity index is 1040. The maximum atomic E-state index is 14.4. The summed E-state index contributed by atoms with van der Waals surface area (Å²) in [6.45, 7) is 3.75. The fourth-order valence-electron chi connectivity index (χ4n) is 5.03. The molecule has 0 saturated carbocycles. The molecule has 2 aromatic rings. The number of amides is 1. The van der Waals surface area contributed by atoms with Gasteiger partial charge in [0.25, 0.3) is 0 Å². The van der Waals surface area contributed by atoms with Crippen molar-refractivity contribution >= 4 is 5.91 Å². The van der Waals surface area contributed by atoms with E-state index >= 15 is 0 Å². The highest BCUT2D eigenvalue weighted by Crippen LogP contribution is 2.37. The number of nitrogens with zero attached hydrogens (tertiary/aromatic N) is 1. The molecule has 0 bridgehead atoms. The third kappa shape index (κ3) is 5.51. The van der Waals surface area contributed by atoms with Crippen LogP contribution in [-0.2, 0) is 9.53 Å². The van der Waals surface area contributed by atoms with E-state index in [0.717, 1.165) is 0 Å². The van der Waals surface area contributed by atoms with E-state index in [2.05, 4.69) is 5.32 Å². The van der Waals surface area contributed by atoms with E-state index in [1.54, 1.807) is 6.07 Å². The predicted octanol–water partition coefficient (Wildman–Crippen LogP) is 5.44. The number of likely N-dealkylation sites (tertiary alicyclic amines) is 1. The van der Waals surface area contributed by atoms with Gasteiger partial charge in [-0.3, -0.25) is 10.1 Å². The molecule has 0 radical (unpaired) electrons. The molecular weight excluding hydrogens is 467 g/mol. The number of alkyl halides is 4. The van der Waals surface area contributed by atoms with Crippen molar-refractivity contribution in [1.82, 2.24) is 10.2 Å². The lowest BCUT2D eigenvalue weighted by Gasteiger charge is -2.32. The lowest BCUT2D eigenvalue weighted by atomic mass is 9.96. The molecule has 2 saturated heterocycles. The van der Waals surface area contributed by atoms with Crippen molar-refractivity contribution in [2.45, 2.75) is 63.3 Å². The van der Waals surface area contributed by atoms with Crippen LogP contribution in [0.4, 0.5) is 22.0 Å². The zero-order chi connectivity index (χ0) is 25.3. The Morgan fingerprint density at radius 2 is 1.91 bits per heavy atom. The van der Waals surface area contributed by atoms with Crippen molar-refractivity contribution in [3.63, 3.8) is 0 Å². The molecule has 1 amide bonds. The second-order valence-corrected chi connectivity index (χ2v) is 9.63. The second kappa shape index (κ2) is 10.2. The third-order valence-corrected chi connectivity index (χ3v) is 6.62. The molecule has 2 aromatic carbocycles. The highest BCUT2D eigenvalue weighted by Gasteiger charge is 2.50. The van der Waals surface area contributed by atoms with Crippen LogP contribution >= 0.6 is 0 Å². The first-order valence-corrected chi connectivity index (χ1v) is 11.8. The monoisotopic (exact) mass is 496 g/mol. The molecule has 2 aliphatic heterocycles. The van der Waals surface area contributed by atoms with Crippen LogP contribution in [0.5, 0.6) is 0 Å². The van der Waals surface area contributed by atoms with Gasteiger partial charge in [0.15, 0.2) is 0 Å². The summed E-state index contributed by atoms with van der Waals surface area (Å²) in [6.07, 6.45) is -6.21. The average Bonchev–Trinajstić information content (AvgIpc) is 3.39. The smallest absolute Gasteiger partial charge is 0.373 e. The van der Waals surface area contributed by atoms with Gasteiger partial charge in [0, 0.05) is 12.2 Å². The van der Waals surface area contributed by atoms with Crippen molar-refractivity contribution in [3.05, 3.63) is 59.9 Å². The molecule has 35 heavy (non-hydrogen) atoms. The summed E-state index contributed by atoms with van der Waals surface area (Å²) in [4.78, 5) is 14.8. The predicted molar refractivity (Wildman–Crippen MR) is 122 cm³/mol. The molecule has 2 unspecified atom stereocenters. The van der Waals surface area contributed by atoms with Crippen LogP contribution in [0.25, 0.3) is 11.1 Å². The Balaban J connectivity index is 1.64. The van der Waals surface area contributed by atoms with Gasteiger partial charge in [-0.25, -0.2) is 8.78 Å². The Morgan fingerprint density at radius 1 is 1.17 bits per heavy atom. The minimum Gasteiger partial charge on any atom is -0.373 e. The van der Waals surface area contributed by atoms with Gasteiger partial charge < -0.3 is 9.64 Å². The van der Waals surface area contributed by atoms with E-state index in [1.165, 1.54) is 47.4 Å². The zero-order valence-electron chi connectivity index (χ0n) is 19.6. The Morgan fingerprint density at radius 3 is 2.60 bits per heavy atom. The van der Waals surface area contributed by atoms with E-state index in [0.29, 0.717) is 18.6 Å². The van der Waals surface area contributed by atoms with E-state index in [-0.39, 0.29) is 30.0 Å². The summed E-state index contributed by atoms with van der Waals surface area (Å²) < 4.78 is 77.0. The Kier molecular flexibility index (Phi) is 7.47.